The molecule has 0 spiro atoms. The molecule has 3 nitrogen and oxygen atoms in total. The Morgan fingerprint density at radius 3 is 2.65 bits per heavy atom. The summed E-state index contributed by atoms with van der Waals surface area (Å²) in [5.74, 6) is 5.32. The molecule has 0 aromatic heterocycles. The number of halogens is 3. The van der Waals surface area contributed by atoms with E-state index in [4.69, 9.17) is 22.2 Å². The molecule has 1 unspecified atom stereocenters. The smallest absolute Gasteiger partial charge is 0.170 e. The average Bonchev–Trinajstić information content (AvgIpc) is 2.43. The molecule has 0 radical (unpaired) electrons. The van der Waals surface area contributed by atoms with Crippen LogP contribution in [0.1, 0.15) is 17.2 Å². The number of nitrogens with two attached hydrogens (primary N) is 1. The van der Waals surface area contributed by atoms with Gasteiger partial charge < -0.3 is 4.74 Å². The molecule has 0 amide bonds. The van der Waals surface area contributed by atoms with Gasteiger partial charge in [0.15, 0.2) is 11.6 Å². The van der Waals surface area contributed by atoms with Crippen molar-refractivity contribution < 1.29 is 9.13 Å². The normalized spacial score (nSPS) is 12.2. The molecule has 2 aromatic carbocycles. The lowest BCUT2D eigenvalue weighted by Crippen LogP contribution is -2.29. The number of hydrogen-bond acceptors (Lipinski definition) is 3. The third kappa shape index (κ3) is 2.96. The Labute approximate surface area is 130 Å². The molecule has 0 heterocycles. The predicted octanol–water partition coefficient (Wildman–Crippen LogP) is 3.80. The Morgan fingerprint density at radius 1 is 1.30 bits per heavy atom. The first-order chi connectivity index (χ1) is 9.58. The van der Waals surface area contributed by atoms with E-state index in [2.05, 4.69) is 21.4 Å². The van der Waals surface area contributed by atoms with Gasteiger partial charge in [-0.15, -0.1) is 0 Å². The molecule has 2 aromatic rings. The van der Waals surface area contributed by atoms with Crippen molar-refractivity contribution >= 4 is 27.5 Å². The second kappa shape index (κ2) is 6.54. The lowest BCUT2D eigenvalue weighted by atomic mass is 9.98. The first kappa shape index (κ1) is 15.3. The fourth-order valence-corrected chi connectivity index (χ4v) is 2.90. The van der Waals surface area contributed by atoms with Crippen molar-refractivity contribution in [3.8, 4) is 5.75 Å². The highest BCUT2D eigenvalue weighted by molar-refractivity contribution is 9.10. The van der Waals surface area contributed by atoms with Crippen LogP contribution < -0.4 is 16.0 Å². The van der Waals surface area contributed by atoms with Gasteiger partial charge in [-0.05, 0) is 23.8 Å². The SMILES string of the molecule is COc1cccc(C(NN)c2ccc(Cl)cc2Br)c1F. The molecule has 0 saturated carbocycles. The van der Waals surface area contributed by atoms with Gasteiger partial charge in [0.25, 0.3) is 0 Å². The zero-order valence-corrected chi connectivity index (χ0v) is 13.0. The topological polar surface area (TPSA) is 47.3 Å². The van der Waals surface area contributed by atoms with Gasteiger partial charge in [0, 0.05) is 15.1 Å². The van der Waals surface area contributed by atoms with Crippen LogP contribution in [-0.4, -0.2) is 7.11 Å². The van der Waals surface area contributed by atoms with Crippen molar-refractivity contribution in [3.63, 3.8) is 0 Å². The standard InChI is InChI=1S/C14H13BrClFN2O/c1-20-12-4-2-3-10(13(12)17)14(19-18)9-6-5-8(16)7-11(9)15/h2-7,14,19H,18H2,1H3. The number of methoxy groups -OCH3 is 1. The Balaban J connectivity index is 2.52. The number of hydrogen-bond donors (Lipinski definition) is 2. The lowest BCUT2D eigenvalue weighted by molar-refractivity contribution is 0.381. The van der Waals surface area contributed by atoms with Crippen LogP contribution >= 0.6 is 27.5 Å². The van der Waals surface area contributed by atoms with Crippen LogP contribution in [0.15, 0.2) is 40.9 Å². The van der Waals surface area contributed by atoms with Crippen LogP contribution in [0.25, 0.3) is 0 Å². The van der Waals surface area contributed by atoms with Gasteiger partial charge in [0.05, 0.1) is 13.2 Å². The van der Waals surface area contributed by atoms with Crippen molar-refractivity contribution in [1.82, 2.24) is 5.43 Å². The minimum absolute atomic E-state index is 0.174. The van der Waals surface area contributed by atoms with Gasteiger partial charge in [-0.3, -0.25) is 5.84 Å². The van der Waals surface area contributed by atoms with Crippen molar-refractivity contribution in [2.45, 2.75) is 6.04 Å². The van der Waals surface area contributed by atoms with Gasteiger partial charge >= 0.3 is 0 Å². The molecular weight excluding hydrogens is 347 g/mol. The third-order valence-electron chi connectivity index (χ3n) is 2.96. The largest absolute Gasteiger partial charge is 0.494 e. The van der Waals surface area contributed by atoms with E-state index < -0.39 is 11.9 Å². The second-order valence-electron chi connectivity index (χ2n) is 4.13. The highest BCUT2D eigenvalue weighted by atomic mass is 79.9. The molecular formula is C14H13BrClFN2O. The molecule has 6 heteroatoms. The average molecular weight is 360 g/mol. The maximum atomic E-state index is 14.3. The summed E-state index contributed by atoms with van der Waals surface area (Å²) in [6.45, 7) is 0. The van der Waals surface area contributed by atoms with E-state index in [0.29, 0.717) is 10.6 Å². The summed E-state index contributed by atoms with van der Waals surface area (Å²) in [4.78, 5) is 0. The highest BCUT2D eigenvalue weighted by Crippen LogP contribution is 2.33. The van der Waals surface area contributed by atoms with Crippen LogP contribution in [0.4, 0.5) is 4.39 Å². The van der Waals surface area contributed by atoms with Gasteiger partial charge in [-0.2, -0.15) is 0 Å². The van der Waals surface area contributed by atoms with E-state index in [9.17, 15) is 4.39 Å². The molecule has 3 N–H and O–H groups in total. The molecule has 0 saturated heterocycles. The highest BCUT2D eigenvalue weighted by Gasteiger charge is 2.21. The minimum atomic E-state index is -0.517. The zero-order valence-electron chi connectivity index (χ0n) is 10.7. The van der Waals surface area contributed by atoms with Crippen molar-refractivity contribution in [1.29, 1.82) is 0 Å². The fraction of sp³-hybridized carbons (Fsp3) is 0.143. The molecule has 106 valence electrons. The first-order valence-electron chi connectivity index (χ1n) is 5.82. The lowest BCUT2D eigenvalue weighted by Gasteiger charge is -2.20. The molecule has 1 atom stereocenters. The van der Waals surface area contributed by atoms with Crippen LogP contribution in [0, 0.1) is 5.82 Å². The maximum Gasteiger partial charge on any atom is 0.170 e. The predicted molar refractivity (Wildman–Crippen MR) is 81.3 cm³/mol. The van der Waals surface area contributed by atoms with E-state index in [1.807, 2.05) is 0 Å². The molecule has 0 fully saturated rings. The molecule has 0 aliphatic carbocycles. The van der Waals surface area contributed by atoms with Crippen molar-refractivity contribution in [3.05, 3.63) is 62.8 Å². The Hall–Kier alpha value is -1.14. The minimum Gasteiger partial charge on any atom is -0.494 e. The van der Waals surface area contributed by atoms with Crippen LogP contribution in [0.2, 0.25) is 5.02 Å². The third-order valence-corrected chi connectivity index (χ3v) is 3.89. The Bertz CT molecular complexity index is 624. The van der Waals surface area contributed by atoms with Crippen LogP contribution in [0.5, 0.6) is 5.75 Å². The molecule has 0 bridgehead atoms. The summed E-state index contributed by atoms with van der Waals surface area (Å²) in [5, 5.41) is 0.586. The van der Waals surface area contributed by atoms with Crippen LogP contribution in [-0.2, 0) is 0 Å². The van der Waals surface area contributed by atoms with E-state index >= 15 is 0 Å². The van der Waals surface area contributed by atoms with E-state index in [-0.39, 0.29) is 5.75 Å². The summed E-state index contributed by atoms with van der Waals surface area (Å²) in [7, 11) is 1.42. The molecule has 20 heavy (non-hydrogen) atoms. The van der Waals surface area contributed by atoms with Gasteiger partial charge in [-0.1, -0.05) is 45.7 Å². The number of rotatable bonds is 4. The molecule has 0 aliphatic heterocycles. The number of ether oxygens (including phenoxy) is 1. The van der Waals surface area contributed by atoms with E-state index in [0.717, 1.165) is 10.0 Å². The second-order valence-corrected chi connectivity index (χ2v) is 5.42. The first-order valence-corrected chi connectivity index (χ1v) is 6.99. The van der Waals surface area contributed by atoms with Crippen molar-refractivity contribution in [2.24, 2.45) is 5.84 Å². The fourth-order valence-electron chi connectivity index (χ4n) is 1.99. The quantitative estimate of drug-likeness (QED) is 0.645. The Kier molecular flexibility index (Phi) is 4.99. The van der Waals surface area contributed by atoms with Gasteiger partial charge in [0.2, 0.25) is 0 Å². The molecule has 2 rings (SSSR count). The number of benzene rings is 2. The number of nitrogens with one attached hydrogen (secondary N) is 1. The summed E-state index contributed by atoms with van der Waals surface area (Å²) in [5.41, 5.74) is 3.80. The monoisotopic (exact) mass is 358 g/mol. The summed E-state index contributed by atoms with van der Waals surface area (Å²) in [6, 6.07) is 9.66. The van der Waals surface area contributed by atoms with Gasteiger partial charge in [0.1, 0.15) is 0 Å². The summed E-state index contributed by atoms with van der Waals surface area (Å²) in [6.07, 6.45) is 0. The van der Waals surface area contributed by atoms with Gasteiger partial charge in [-0.25, -0.2) is 9.82 Å². The molecule has 0 aliphatic rings. The number of hydrazine groups is 1. The van der Waals surface area contributed by atoms with Crippen molar-refractivity contribution in [2.75, 3.05) is 7.11 Å². The maximum absolute atomic E-state index is 14.3. The summed E-state index contributed by atoms with van der Waals surface area (Å²) < 4.78 is 20.1. The zero-order chi connectivity index (χ0) is 14.7. The van der Waals surface area contributed by atoms with Crippen LogP contribution in [0.3, 0.4) is 0 Å². The van der Waals surface area contributed by atoms with E-state index in [1.54, 1.807) is 36.4 Å². The Morgan fingerprint density at radius 2 is 2.05 bits per heavy atom. The summed E-state index contributed by atoms with van der Waals surface area (Å²) >= 11 is 9.33. The van der Waals surface area contributed by atoms with E-state index in [1.165, 1.54) is 7.11 Å².